The first-order chi connectivity index (χ1) is 12.1. The summed E-state index contributed by atoms with van der Waals surface area (Å²) in [5, 5.41) is 12.7. The number of carbonyl (C=O) groups excluding carboxylic acids is 1. The van der Waals surface area contributed by atoms with Gasteiger partial charge in [0.25, 0.3) is 0 Å². The van der Waals surface area contributed by atoms with Crippen LogP contribution in [0.25, 0.3) is 17.1 Å². The van der Waals surface area contributed by atoms with Crippen LogP contribution in [0.2, 0.25) is 0 Å². The van der Waals surface area contributed by atoms with Gasteiger partial charge in [-0.2, -0.15) is 0 Å². The lowest BCUT2D eigenvalue weighted by atomic mass is 9.94. The highest BCUT2D eigenvalue weighted by atomic mass is 16.1. The number of rotatable bonds is 5. The van der Waals surface area contributed by atoms with E-state index in [1.807, 2.05) is 56.3 Å². The summed E-state index contributed by atoms with van der Waals surface area (Å²) >= 11 is 0. The molecule has 1 amide bonds. The molecular weight excluding hydrogens is 314 g/mol. The number of nitrogens with zero attached hydrogens (tertiary/aromatic N) is 4. The van der Waals surface area contributed by atoms with Crippen molar-refractivity contribution in [3.8, 4) is 11.4 Å². The number of aromatic nitrogens is 4. The maximum atomic E-state index is 11.9. The molecule has 0 aliphatic heterocycles. The van der Waals surface area contributed by atoms with Crippen molar-refractivity contribution in [2.75, 3.05) is 0 Å². The zero-order chi connectivity index (χ0) is 17.8. The number of allylic oxidation sites excluding steroid dienone is 2. The molecule has 0 saturated heterocycles. The third-order valence-electron chi connectivity index (χ3n) is 4.05. The number of hydrogen-bond acceptors (Lipinski definition) is 4. The second-order valence-corrected chi connectivity index (χ2v) is 5.69. The van der Waals surface area contributed by atoms with Gasteiger partial charge in [0.15, 0.2) is 0 Å². The van der Waals surface area contributed by atoms with E-state index in [-0.39, 0.29) is 0 Å². The Kier molecular flexibility index (Phi) is 4.70. The highest BCUT2D eigenvalue weighted by molar-refractivity contribution is 5.96. The summed E-state index contributed by atoms with van der Waals surface area (Å²) in [5.74, 6) is 0.0000358. The van der Waals surface area contributed by atoms with Crippen LogP contribution >= 0.6 is 0 Å². The second kappa shape index (κ2) is 7.09. The fourth-order valence-corrected chi connectivity index (χ4v) is 2.60. The summed E-state index contributed by atoms with van der Waals surface area (Å²) in [6.07, 6.45) is 2.46. The van der Waals surface area contributed by atoms with E-state index in [9.17, 15) is 4.79 Å². The van der Waals surface area contributed by atoms with Gasteiger partial charge in [-0.3, -0.25) is 4.79 Å². The predicted molar refractivity (Wildman–Crippen MR) is 96.6 cm³/mol. The monoisotopic (exact) mass is 333 g/mol. The molecule has 0 saturated carbocycles. The highest BCUT2D eigenvalue weighted by Gasteiger charge is 2.17. The first-order valence-corrected chi connectivity index (χ1v) is 7.99. The van der Waals surface area contributed by atoms with E-state index in [2.05, 4.69) is 15.4 Å². The SMILES string of the molecule is C/C=C(/C)n1nnc(-c2cccc(C(N)=O)c2Cc2ccccc2)n1. The van der Waals surface area contributed by atoms with Gasteiger partial charge >= 0.3 is 0 Å². The van der Waals surface area contributed by atoms with Gasteiger partial charge in [-0.05, 0) is 42.7 Å². The molecule has 1 heterocycles. The van der Waals surface area contributed by atoms with E-state index in [4.69, 9.17) is 5.73 Å². The second-order valence-electron chi connectivity index (χ2n) is 5.69. The van der Waals surface area contributed by atoms with E-state index in [1.54, 1.807) is 12.1 Å². The molecule has 0 aliphatic carbocycles. The molecule has 1 aromatic heterocycles. The molecule has 0 aliphatic rings. The van der Waals surface area contributed by atoms with Crippen molar-refractivity contribution in [2.45, 2.75) is 20.3 Å². The molecule has 0 unspecified atom stereocenters. The number of amides is 1. The molecular formula is C19H19N5O. The molecule has 2 N–H and O–H groups in total. The summed E-state index contributed by atoms with van der Waals surface area (Å²) in [6.45, 7) is 3.81. The van der Waals surface area contributed by atoms with Crippen molar-refractivity contribution in [2.24, 2.45) is 5.73 Å². The molecule has 2 aromatic carbocycles. The van der Waals surface area contributed by atoms with Crippen molar-refractivity contribution in [3.63, 3.8) is 0 Å². The minimum atomic E-state index is -0.468. The van der Waals surface area contributed by atoms with Crippen LogP contribution in [0, 0.1) is 0 Å². The lowest BCUT2D eigenvalue weighted by Crippen LogP contribution is -2.15. The first kappa shape index (κ1) is 16.6. The molecule has 126 valence electrons. The Morgan fingerprint density at radius 1 is 1.16 bits per heavy atom. The number of hydrogen-bond donors (Lipinski definition) is 1. The van der Waals surface area contributed by atoms with Crippen molar-refractivity contribution < 1.29 is 4.79 Å². The van der Waals surface area contributed by atoms with Crippen LogP contribution in [-0.4, -0.2) is 26.1 Å². The van der Waals surface area contributed by atoms with E-state index >= 15 is 0 Å². The quantitative estimate of drug-likeness (QED) is 0.778. The van der Waals surface area contributed by atoms with Gasteiger partial charge < -0.3 is 5.73 Å². The van der Waals surface area contributed by atoms with E-state index in [0.29, 0.717) is 17.8 Å². The van der Waals surface area contributed by atoms with Crippen molar-refractivity contribution in [1.82, 2.24) is 20.2 Å². The molecule has 3 rings (SSSR count). The minimum absolute atomic E-state index is 0.468. The fourth-order valence-electron chi connectivity index (χ4n) is 2.60. The molecule has 6 nitrogen and oxygen atoms in total. The van der Waals surface area contributed by atoms with Crippen LogP contribution in [0.3, 0.4) is 0 Å². The van der Waals surface area contributed by atoms with Gasteiger partial charge in [0.1, 0.15) is 0 Å². The molecule has 25 heavy (non-hydrogen) atoms. The van der Waals surface area contributed by atoms with Crippen molar-refractivity contribution in [3.05, 3.63) is 71.3 Å². The van der Waals surface area contributed by atoms with Gasteiger partial charge in [-0.25, -0.2) is 0 Å². The van der Waals surface area contributed by atoms with E-state index in [0.717, 1.165) is 22.4 Å². The zero-order valence-electron chi connectivity index (χ0n) is 14.2. The summed E-state index contributed by atoms with van der Waals surface area (Å²) in [5.41, 5.74) is 9.57. The highest BCUT2D eigenvalue weighted by Crippen LogP contribution is 2.26. The number of benzene rings is 2. The van der Waals surface area contributed by atoms with Gasteiger partial charge in [0.05, 0.1) is 5.70 Å². The lowest BCUT2D eigenvalue weighted by Gasteiger charge is -2.11. The number of primary amides is 1. The molecule has 0 atom stereocenters. The predicted octanol–water partition coefficient (Wildman–Crippen LogP) is 2.91. The number of tetrazole rings is 1. The molecule has 0 fully saturated rings. The Labute approximate surface area is 146 Å². The summed E-state index contributed by atoms with van der Waals surface area (Å²) in [6, 6.07) is 15.3. The third-order valence-corrected chi connectivity index (χ3v) is 4.05. The van der Waals surface area contributed by atoms with Crippen LogP contribution in [0.15, 0.2) is 54.6 Å². The van der Waals surface area contributed by atoms with Gasteiger partial charge in [-0.1, -0.05) is 48.5 Å². The Bertz CT molecular complexity index is 928. The average molecular weight is 333 g/mol. The van der Waals surface area contributed by atoms with E-state index in [1.165, 1.54) is 4.80 Å². The first-order valence-electron chi connectivity index (χ1n) is 7.99. The zero-order valence-corrected chi connectivity index (χ0v) is 14.2. The topological polar surface area (TPSA) is 86.7 Å². The lowest BCUT2D eigenvalue weighted by molar-refractivity contribution is 0.0999. The average Bonchev–Trinajstić information content (AvgIpc) is 3.12. The van der Waals surface area contributed by atoms with Crippen LogP contribution in [0.1, 0.15) is 35.3 Å². The summed E-state index contributed by atoms with van der Waals surface area (Å²) < 4.78 is 0. The Morgan fingerprint density at radius 3 is 2.60 bits per heavy atom. The largest absolute Gasteiger partial charge is 0.366 e. The molecule has 3 aromatic rings. The molecule has 0 radical (unpaired) electrons. The molecule has 6 heteroatoms. The maximum Gasteiger partial charge on any atom is 0.249 e. The van der Waals surface area contributed by atoms with Crippen LogP contribution < -0.4 is 5.73 Å². The van der Waals surface area contributed by atoms with Crippen LogP contribution in [0.4, 0.5) is 0 Å². The van der Waals surface area contributed by atoms with E-state index < -0.39 is 5.91 Å². The standard InChI is InChI=1S/C19H19N5O/c1-3-13(2)24-22-19(21-23-24)16-11-7-10-15(18(20)25)17(16)12-14-8-5-4-6-9-14/h3-11H,12H2,1-2H3,(H2,20,25)/b13-3-. The Balaban J connectivity index is 2.11. The minimum Gasteiger partial charge on any atom is -0.366 e. The third kappa shape index (κ3) is 3.47. The number of carbonyl (C=O) groups is 1. The molecule has 0 spiro atoms. The Morgan fingerprint density at radius 2 is 1.92 bits per heavy atom. The van der Waals surface area contributed by atoms with Gasteiger partial charge in [0.2, 0.25) is 11.7 Å². The Hall–Kier alpha value is -3.28. The van der Waals surface area contributed by atoms with Gasteiger partial charge in [-0.15, -0.1) is 15.0 Å². The smallest absolute Gasteiger partial charge is 0.249 e. The van der Waals surface area contributed by atoms with Gasteiger partial charge in [0, 0.05) is 11.1 Å². The molecule has 0 bridgehead atoms. The summed E-state index contributed by atoms with van der Waals surface area (Å²) in [7, 11) is 0. The maximum absolute atomic E-state index is 11.9. The van der Waals surface area contributed by atoms with Crippen molar-refractivity contribution >= 4 is 11.6 Å². The van der Waals surface area contributed by atoms with Crippen molar-refractivity contribution in [1.29, 1.82) is 0 Å². The summed E-state index contributed by atoms with van der Waals surface area (Å²) in [4.78, 5) is 13.4. The fraction of sp³-hybridized carbons (Fsp3) is 0.158. The normalized spacial score (nSPS) is 11.5. The van der Waals surface area contributed by atoms with Crippen LogP contribution in [0.5, 0.6) is 0 Å². The number of nitrogens with two attached hydrogens (primary N) is 1. The van der Waals surface area contributed by atoms with Crippen LogP contribution in [-0.2, 0) is 6.42 Å².